The molecule has 3 heterocycles. The molecular formula is C18H21N3S2. The van der Waals surface area contributed by atoms with E-state index in [0.717, 1.165) is 10.8 Å². The van der Waals surface area contributed by atoms with E-state index in [1.54, 1.807) is 0 Å². The highest BCUT2D eigenvalue weighted by Gasteiger charge is 2.44. The Bertz CT molecular complexity index is 691. The highest BCUT2D eigenvalue weighted by atomic mass is 32.1. The van der Waals surface area contributed by atoms with Crippen molar-refractivity contribution >= 4 is 28.7 Å². The van der Waals surface area contributed by atoms with E-state index < -0.39 is 0 Å². The summed E-state index contributed by atoms with van der Waals surface area (Å²) < 4.78 is 0. The summed E-state index contributed by atoms with van der Waals surface area (Å²) in [5.74, 6) is 0. The van der Waals surface area contributed by atoms with E-state index in [-0.39, 0.29) is 12.1 Å². The second kappa shape index (κ2) is 6.21. The van der Waals surface area contributed by atoms with E-state index >= 15 is 0 Å². The number of thiocarbonyl (C=S) groups is 1. The summed E-state index contributed by atoms with van der Waals surface area (Å²) >= 11 is 7.58. The molecule has 0 radical (unpaired) electrons. The lowest BCUT2D eigenvalue weighted by Gasteiger charge is -2.32. The molecular weight excluding hydrogens is 322 g/mol. The molecule has 4 rings (SSSR count). The quantitative estimate of drug-likeness (QED) is 0.838. The van der Waals surface area contributed by atoms with Crippen molar-refractivity contribution in [3.05, 3.63) is 52.0 Å². The second-order valence-electron chi connectivity index (χ2n) is 6.44. The van der Waals surface area contributed by atoms with E-state index in [2.05, 4.69) is 45.7 Å². The van der Waals surface area contributed by atoms with Gasteiger partial charge in [-0.1, -0.05) is 18.9 Å². The molecule has 3 nitrogen and oxygen atoms in total. The Labute approximate surface area is 146 Å². The fraction of sp³-hybridized carbons (Fsp3) is 0.444. The maximum absolute atomic E-state index is 5.74. The highest BCUT2D eigenvalue weighted by molar-refractivity contribution is 7.80. The number of nitrogens with one attached hydrogen (secondary N) is 1. The van der Waals surface area contributed by atoms with Gasteiger partial charge in [-0.15, -0.1) is 11.3 Å². The number of aromatic nitrogens is 1. The van der Waals surface area contributed by atoms with Crippen molar-refractivity contribution in [2.24, 2.45) is 0 Å². The van der Waals surface area contributed by atoms with Crippen molar-refractivity contribution in [1.82, 2.24) is 15.2 Å². The van der Waals surface area contributed by atoms with E-state index in [1.165, 1.54) is 36.1 Å². The molecule has 23 heavy (non-hydrogen) atoms. The minimum Gasteiger partial charge on any atom is -0.352 e. The molecule has 1 aliphatic carbocycles. The zero-order valence-electron chi connectivity index (χ0n) is 13.2. The molecule has 2 aromatic rings. The van der Waals surface area contributed by atoms with Crippen LogP contribution in [0.5, 0.6) is 0 Å². The summed E-state index contributed by atoms with van der Waals surface area (Å²) in [5.41, 5.74) is 2.43. The first kappa shape index (κ1) is 15.1. The molecule has 1 N–H and O–H groups in total. The normalized spacial score (nSPS) is 25.1. The maximum Gasteiger partial charge on any atom is 0.170 e. The molecule has 5 heteroatoms. The summed E-state index contributed by atoms with van der Waals surface area (Å²) in [5, 5.41) is 6.65. The predicted octanol–water partition coefficient (Wildman–Crippen LogP) is 4.37. The number of aryl methyl sites for hydroxylation is 1. The predicted molar refractivity (Wildman–Crippen MR) is 98.6 cm³/mol. The van der Waals surface area contributed by atoms with Crippen molar-refractivity contribution in [1.29, 1.82) is 0 Å². The molecule has 2 aromatic heterocycles. The fourth-order valence-corrected chi connectivity index (χ4v) is 5.36. The Morgan fingerprint density at radius 1 is 1.26 bits per heavy atom. The molecule has 0 spiro atoms. The van der Waals surface area contributed by atoms with Crippen LogP contribution in [0.4, 0.5) is 0 Å². The van der Waals surface area contributed by atoms with Gasteiger partial charge in [-0.3, -0.25) is 4.98 Å². The lowest BCUT2D eigenvalue weighted by molar-refractivity contribution is 0.248. The number of pyridine rings is 1. The van der Waals surface area contributed by atoms with Gasteiger partial charge in [-0.25, -0.2) is 0 Å². The first-order valence-electron chi connectivity index (χ1n) is 8.29. The van der Waals surface area contributed by atoms with Gasteiger partial charge in [0.15, 0.2) is 5.11 Å². The minimum absolute atomic E-state index is 0.140. The first-order valence-corrected chi connectivity index (χ1v) is 9.58. The first-order chi connectivity index (χ1) is 11.3. The Morgan fingerprint density at radius 2 is 2.09 bits per heavy atom. The molecule has 0 aromatic carbocycles. The number of hydrogen-bond donors (Lipinski definition) is 1. The van der Waals surface area contributed by atoms with Crippen molar-refractivity contribution in [2.75, 3.05) is 0 Å². The van der Waals surface area contributed by atoms with Gasteiger partial charge >= 0.3 is 0 Å². The van der Waals surface area contributed by atoms with Crippen LogP contribution in [0.15, 0.2) is 35.8 Å². The topological polar surface area (TPSA) is 28.2 Å². The maximum atomic E-state index is 5.74. The van der Waals surface area contributed by atoms with Gasteiger partial charge in [0.2, 0.25) is 0 Å². The van der Waals surface area contributed by atoms with E-state index in [9.17, 15) is 0 Å². The molecule has 0 unspecified atom stereocenters. The largest absolute Gasteiger partial charge is 0.352 e. The van der Waals surface area contributed by atoms with Crippen LogP contribution >= 0.6 is 23.6 Å². The third-order valence-electron chi connectivity index (χ3n) is 5.02. The standard InChI is InChI=1S/C18H21N3S2/c1-12-9-11-23-17(12)16-15(14-8-4-5-10-19-14)20-18(22)21(16)13-6-2-3-7-13/h4-5,8-11,13,15-16H,2-3,6-7H2,1H3,(H,20,22)/t15-,16+/m1/s1. The fourth-order valence-electron chi connectivity index (χ4n) is 3.91. The van der Waals surface area contributed by atoms with Gasteiger partial charge in [-0.05, 0) is 61.1 Å². The molecule has 1 saturated carbocycles. The smallest absolute Gasteiger partial charge is 0.170 e. The Kier molecular flexibility index (Phi) is 4.07. The van der Waals surface area contributed by atoms with Crippen molar-refractivity contribution in [2.45, 2.75) is 50.7 Å². The average Bonchev–Trinajstić information content (AvgIpc) is 3.28. The van der Waals surface area contributed by atoms with Crippen molar-refractivity contribution in [3.8, 4) is 0 Å². The van der Waals surface area contributed by atoms with Crippen LogP contribution < -0.4 is 5.32 Å². The number of rotatable bonds is 3. The highest BCUT2D eigenvalue weighted by Crippen LogP contribution is 2.45. The van der Waals surface area contributed by atoms with Gasteiger partial charge < -0.3 is 10.2 Å². The number of nitrogens with zero attached hydrogens (tertiary/aromatic N) is 2. The molecule has 2 atom stereocenters. The van der Waals surface area contributed by atoms with Crippen LogP contribution in [-0.4, -0.2) is 21.0 Å². The van der Waals surface area contributed by atoms with Crippen LogP contribution in [0, 0.1) is 6.92 Å². The number of thiophene rings is 1. The lowest BCUT2D eigenvalue weighted by atomic mass is 9.99. The van der Waals surface area contributed by atoms with E-state index in [0.29, 0.717) is 6.04 Å². The summed E-state index contributed by atoms with van der Waals surface area (Å²) in [6.07, 6.45) is 6.99. The third kappa shape index (κ3) is 2.66. The SMILES string of the molecule is Cc1ccsc1[C@@H]1[C@@H](c2ccccn2)NC(=S)N1C1CCCC1. The van der Waals surface area contributed by atoms with Gasteiger partial charge in [0.05, 0.1) is 17.8 Å². The molecule has 1 saturated heterocycles. The second-order valence-corrected chi connectivity index (χ2v) is 7.77. The van der Waals surface area contributed by atoms with Crippen LogP contribution in [0.2, 0.25) is 0 Å². The van der Waals surface area contributed by atoms with Crippen molar-refractivity contribution < 1.29 is 0 Å². The van der Waals surface area contributed by atoms with Gasteiger partial charge in [-0.2, -0.15) is 0 Å². The Morgan fingerprint density at radius 3 is 2.74 bits per heavy atom. The van der Waals surface area contributed by atoms with Crippen LogP contribution in [-0.2, 0) is 0 Å². The molecule has 2 aliphatic rings. The van der Waals surface area contributed by atoms with Crippen LogP contribution in [0.1, 0.15) is 53.9 Å². The Balaban J connectivity index is 1.77. The summed E-state index contributed by atoms with van der Waals surface area (Å²) in [6, 6.07) is 9.32. The zero-order valence-corrected chi connectivity index (χ0v) is 14.9. The zero-order chi connectivity index (χ0) is 15.8. The average molecular weight is 344 g/mol. The molecule has 2 fully saturated rings. The van der Waals surface area contributed by atoms with Gasteiger partial charge in [0.1, 0.15) is 0 Å². The summed E-state index contributed by atoms with van der Waals surface area (Å²) in [4.78, 5) is 8.49. The number of hydrogen-bond acceptors (Lipinski definition) is 3. The van der Waals surface area contributed by atoms with Crippen LogP contribution in [0.3, 0.4) is 0 Å². The van der Waals surface area contributed by atoms with E-state index in [1.807, 2.05) is 23.6 Å². The molecule has 0 amide bonds. The summed E-state index contributed by atoms with van der Waals surface area (Å²) in [6.45, 7) is 2.20. The Hall–Kier alpha value is -1.46. The van der Waals surface area contributed by atoms with Crippen LogP contribution in [0.25, 0.3) is 0 Å². The monoisotopic (exact) mass is 343 g/mol. The van der Waals surface area contributed by atoms with E-state index in [4.69, 9.17) is 12.2 Å². The van der Waals surface area contributed by atoms with Gasteiger partial charge in [0.25, 0.3) is 0 Å². The molecule has 120 valence electrons. The van der Waals surface area contributed by atoms with Gasteiger partial charge in [0, 0.05) is 17.1 Å². The molecule has 1 aliphatic heterocycles. The minimum atomic E-state index is 0.140. The summed E-state index contributed by atoms with van der Waals surface area (Å²) in [7, 11) is 0. The van der Waals surface area contributed by atoms with Crippen molar-refractivity contribution in [3.63, 3.8) is 0 Å². The third-order valence-corrected chi connectivity index (χ3v) is 6.44. The molecule has 0 bridgehead atoms. The lowest BCUT2D eigenvalue weighted by Crippen LogP contribution is -2.37.